The second-order valence-corrected chi connectivity index (χ2v) is 7.79. The molecule has 21 heavy (non-hydrogen) atoms. The molecule has 0 bridgehead atoms. The van der Waals surface area contributed by atoms with Crippen LogP contribution < -0.4 is 10.5 Å². The number of sulfonamides is 1. The molecule has 0 saturated heterocycles. The van der Waals surface area contributed by atoms with Crippen LogP contribution in [0.2, 0.25) is 0 Å². The minimum Gasteiger partial charge on any atom is -0.326 e. The van der Waals surface area contributed by atoms with Gasteiger partial charge in [0.05, 0.1) is 0 Å². The Morgan fingerprint density at radius 3 is 2.76 bits per heavy atom. The Balaban J connectivity index is 2.17. The van der Waals surface area contributed by atoms with Crippen molar-refractivity contribution in [2.45, 2.75) is 17.9 Å². The van der Waals surface area contributed by atoms with E-state index in [2.05, 4.69) is 20.7 Å². The molecule has 4 nitrogen and oxygen atoms in total. The summed E-state index contributed by atoms with van der Waals surface area (Å²) in [5.74, 6) is -0.802. The van der Waals surface area contributed by atoms with Crippen LogP contribution in [0.1, 0.15) is 11.1 Å². The molecule has 0 atom stereocenters. The van der Waals surface area contributed by atoms with Gasteiger partial charge in [-0.05, 0) is 40.9 Å². The van der Waals surface area contributed by atoms with Crippen LogP contribution in [0.5, 0.6) is 0 Å². The lowest BCUT2D eigenvalue weighted by Gasteiger charge is -2.10. The van der Waals surface area contributed by atoms with E-state index < -0.39 is 15.8 Å². The molecule has 0 aliphatic rings. The Bertz CT molecular complexity index is 718. The summed E-state index contributed by atoms with van der Waals surface area (Å²) in [6.07, 6.45) is 0.558. The van der Waals surface area contributed by atoms with Gasteiger partial charge in [-0.2, -0.15) is 11.3 Å². The number of nitrogens with one attached hydrogen (secondary N) is 1. The third kappa shape index (κ3) is 4.10. The Hall–Kier alpha value is -0.800. The molecule has 0 fully saturated rings. The summed E-state index contributed by atoms with van der Waals surface area (Å²) in [6.45, 7) is 0.145. The van der Waals surface area contributed by atoms with Crippen LogP contribution in [0.15, 0.2) is 38.3 Å². The smallest absolute Gasteiger partial charge is 0.243 e. The predicted octanol–water partition coefficient (Wildman–Crippen LogP) is 2.63. The van der Waals surface area contributed by atoms with Crippen LogP contribution in [0, 0.1) is 5.82 Å². The molecule has 2 aromatic rings. The summed E-state index contributed by atoms with van der Waals surface area (Å²) in [4.78, 5) is -0.386. The van der Waals surface area contributed by atoms with Crippen molar-refractivity contribution in [2.75, 3.05) is 6.54 Å². The third-order valence-electron chi connectivity index (χ3n) is 2.87. The SMILES string of the molecule is NCc1cc(Br)cc(S(=O)(=O)NCCc2ccsc2)c1F. The van der Waals surface area contributed by atoms with Crippen molar-refractivity contribution in [3.63, 3.8) is 0 Å². The standard InChI is InChI=1S/C13H14BrFN2O2S2/c14-11-5-10(7-16)13(15)12(6-11)21(18,19)17-3-1-9-2-4-20-8-9/h2,4-6,8,17H,1,3,7,16H2. The lowest BCUT2D eigenvalue weighted by Crippen LogP contribution is -2.27. The zero-order chi connectivity index (χ0) is 15.5. The van der Waals surface area contributed by atoms with Crippen LogP contribution in [0.25, 0.3) is 0 Å². The lowest BCUT2D eigenvalue weighted by molar-refractivity contribution is 0.549. The van der Waals surface area contributed by atoms with E-state index in [9.17, 15) is 12.8 Å². The zero-order valence-electron chi connectivity index (χ0n) is 11.0. The molecule has 8 heteroatoms. The Morgan fingerprint density at radius 2 is 2.14 bits per heavy atom. The van der Waals surface area contributed by atoms with Gasteiger partial charge in [-0.15, -0.1) is 0 Å². The largest absolute Gasteiger partial charge is 0.326 e. The first-order valence-electron chi connectivity index (χ1n) is 6.13. The van der Waals surface area contributed by atoms with Crippen LogP contribution in [-0.4, -0.2) is 15.0 Å². The van der Waals surface area contributed by atoms with Crippen molar-refractivity contribution in [1.82, 2.24) is 4.72 Å². The van der Waals surface area contributed by atoms with Gasteiger partial charge in [0, 0.05) is 23.1 Å². The van der Waals surface area contributed by atoms with Gasteiger partial charge in [0.1, 0.15) is 10.7 Å². The second-order valence-electron chi connectivity index (χ2n) is 4.36. The molecule has 0 spiro atoms. The van der Waals surface area contributed by atoms with E-state index in [0.717, 1.165) is 5.56 Å². The molecule has 1 aromatic carbocycles. The summed E-state index contributed by atoms with van der Waals surface area (Å²) < 4.78 is 41.4. The van der Waals surface area contributed by atoms with Crippen molar-refractivity contribution in [2.24, 2.45) is 5.73 Å². The molecule has 0 unspecified atom stereocenters. The van der Waals surface area contributed by atoms with Gasteiger partial charge in [-0.3, -0.25) is 0 Å². The van der Waals surface area contributed by atoms with E-state index >= 15 is 0 Å². The molecule has 114 valence electrons. The molecule has 1 aromatic heterocycles. The molecule has 0 amide bonds. The van der Waals surface area contributed by atoms with Gasteiger partial charge in [-0.25, -0.2) is 17.5 Å². The predicted molar refractivity (Wildman–Crippen MR) is 85.2 cm³/mol. The minimum absolute atomic E-state index is 0.0668. The summed E-state index contributed by atoms with van der Waals surface area (Å²) >= 11 is 4.71. The van der Waals surface area contributed by atoms with Crippen molar-refractivity contribution >= 4 is 37.3 Å². The van der Waals surface area contributed by atoms with Crippen LogP contribution in [-0.2, 0) is 23.0 Å². The Morgan fingerprint density at radius 1 is 1.38 bits per heavy atom. The number of hydrogen-bond acceptors (Lipinski definition) is 4. The molecule has 0 aliphatic carbocycles. The highest BCUT2D eigenvalue weighted by Crippen LogP contribution is 2.23. The van der Waals surface area contributed by atoms with E-state index in [1.54, 1.807) is 11.3 Å². The monoisotopic (exact) mass is 392 g/mol. The first kappa shape index (κ1) is 16.6. The minimum atomic E-state index is -3.91. The first-order valence-corrected chi connectivity index (χ1v) is 9.34. The first-order chi connectivity index (χ1) is 9.94. The van der Waals surface area contributed by atoms with E-state index in [0.29, 0.717) is 10.9 Å². The number of thiophene rings is 1. The normalized spacial score (nSPS) is 11.8. The molecular formula is C13H14BrFN2O2S2. The van der Waals surface area contributed by atoms with E-state index in [1.165, 1.54) is 12.1 Å². The average Bonchev–Trinajstić information content (AvgIpc) is 2.93. The zero-order valence-corrected chi connectivity index (χ0v) is 14.2. The fourth-order valence-electron chi connectivity index (χ4n) is 1.80. The number of nitrogens with two attached hydrogens (primary N) is 1. The van der Waals surface area contributed by atoms with E-state index in [1.807, 2.05) is 16.8 Å². The Kier molecular flexibility index (Phi) is 5.50. The highest BCUT2D eigenvalue weighted by Gasteiger charge is 2.21. The van der Waals surface area contributed by atoms with Gasteiger partial charge in [-0.1, -0.05) is 15.9 Å². The van der Waals surface area contributed by atoms with Gasteiger partial charge in [0.2, 0.25) is 10.0 Å². The lowest BCUT2D eigenvalue weighted by atomic mass is 10.2. The number of benzene rings is 1. The van der Waals surface area contributed by atoms with Crippen molar-refractivity contribution in [3.05, 3.63) is 50.4 Å². The van der Waals surface area contributed by atoms with Gasteiger partial charge in [0.25, 0.3) is 0 Å². The molecular weight excluding hydrogens is 379 g/mol. The van der Waals surface area contributed by atoms with E-state index in [-0.39, 0.29) is 23.5 Å². The van der Waals surface area contributed by atoms with Crippen LogP contribution in [0.4, 0.5) is 4.39 Å². The fraction of sp³-hybridized carbons (Fsp3) is 0.231. The number of rotatable bonds is 6. The van der Waals surface area contributed by atoms with Gasteiger partial charge in [0.15, 0.2) is 0 Å². The summed E-state index contributed by atoms with van der Waals surface area (Å²) in [6, 6.07) is 4.63. The highest BCUT2D eigenvalue weighted by atomic mass is 79.9. The second kappa shape index (κ2) is 6.97. The quantitative estimate of drug-likeness (QED) is 0.793. The van der Waals surface area contributed by atoms with Crippen molar-refractivity contribution < 1.29 is 12.8 Å². The molecule has 2 rings (SSSR count). The topological polar surface area (TPSA) is 72.2 Å². The van der Waals surface area contributed by atoms with Crippen LogP contribution in [0.3, 0.4) is 0 Å². The maximum Gasteiger partial charge on any atom is 0.243 e. The number of halogens is 2. The maximum atomic E-state index is 14.1. The molecule has 3 N–H and O–H groups in total. The summed E-state index contributed by atoms with van der Waals surface area (Å²) in [7, 11) is -3.91. The molecule has 0 radical (unpaired) electrons. The fourth-order valence-corrected chi connectivity index (χ4v) is 4.34. The van der Waals surface area contributed by atoms with E-state index in [4.69, 9.17) is 5.73 Å². The maximum absolute atomic E-state index is 14.1. The Labute approximate surface area is 135 Å². The van der Waals surface area contributed by atoms with Crippen molar-refractivity contribution in [3.8, 4) is 0 Å². The third-order valence-corrected chi connectivity index (χ3v) is 5.52. The summed E-state index contributed by atoms with van der Waals surface area (Å²) in [5.41, 5.74) is 6.62. The molecule has 0 aliphatic heterocycles. The van der Waals surface area contributed by atoms with Gasteiger partial charge < -0.3 is 5.73 Å². The average molecular weight is 393 g/mol. The molecule has 0 saturated carbocycles. The molecule has 1 heterocycles. The highest BCUT2D eigenvalue weighted by molar-refractivity contribution is 9.10. The van der Waals surface area contributed by atoms with Crippen LogP contribution >= 0.6 is 27.3 Å². The summed E-state index contributed by atoms with van der Waals surface area (Å²) in [5, 5.41) is 3.87. The van der Waals surface area contributed by atoms with Gasteiger partial charge >= 0.3 is 0 Å². The number of hydrogen-bond donors (Lipinski definition) is 2. The van der Waals surface area contributed by atoms with Crippen molar-refractivity contribution in [1.29, 1.82) is 0 Å².